The first-order valence-corrected chi connectivity index (χ1v) is 5.52. The number of hydrogen-bond donors (Lipinski definition) is 1. The molecule has 84 valence electrons. The summed E-state index contributed by atoms with van der Waals surface area (Å²) in [4.78, 5) is 27.2. The average molecular weight is 218 g/mol. The summed E-state index contributed by atoms with van der Waals surface area (Å²) >= 11 is 0. The van der Waals surface area contributed by atoms with Gasteiger partial charge in [0, 0.05) is 12.6 Å². The third kappa shape index (κ3) is 2.45. The van der Waals surface area contributed by atoms with Gasteiger partial charge in [-0.2, -0.15) is 0 Å². The number of carbonyl (C=O) groups is 2. The van der Waals surface area contributed by atoms with Crippen LogP contribution in [0.3, 0.4) is 0 Å². The van der Waals surface area contributed by atoms with Crippen LogP contribution in [0.5, 0.6) is 0 Å². The maximum absolute atomic E-state index is 11.7. The lowest BCUT2D eigenvalue weighted by Crippen LogP contribution is -2.42. The molecule has 1 amide bonds. The zero-order valence-electron chi connectivity index (χ0n) is 8.98. The molecule has 1 aromatic rings. The molecule has 4 nitrogen and oxygen atoms in total. The van der Waals surface area contributed by atoms with E-state index in [9.17, 15) is 9.59 Å². The predicted molar refractivity (Wildman–Crippen MR) is 59.0 cm³/mol. The molecule has 1 saturated carbocycles. The molecule has 1 N–H and O–H groups in total. The maximum atomic E-state index is 11.7. The van der Waals surface area contributed by atoms with Gasteiger partial charge in [0.2, 0.25) is 0 Å². The van der Waals surface area contributed by atoms with Crippen LogP contribution in [0.4, 0.5) is 0 Å². The van der Waals surface area contributed by atoms with E-state index in [1.165, 1.54) is 0 Å². The third-order valence-corrected chi connectivity index (χ3v) is 2.76. The van der Waals surface area contributed by atoms with E-state index in [-0.39, 0.29) is 17.7 Å². The van der Waals surface area contributed by atoms with E-state index in [1.54, 1.807) is 24.4 Å². The Hall–Kier alpha value is -1.71. The van der Waals surface area contributed by atoms with Crippen molar-refractivity contribution in [3.05, 3.63) is 30.1 Å². The van der Waals surface area contributed by atoms with Crippen LogP contribution in [-0.2, 0) is 4.79 Å². The number of nitrogens with zero attached hydrogens (tertiary/aromatic N) is 1. The van der Waals surface area contributed by atoms with Crippen molar-refractivity contribution in [2.45, 2.75) is 31.7 Å². The Morgan fingerprint density at radius 2 is 2.25 bits per heavy atom. The first kappa shape index (κ1) is 10.8. The number of hydrogen-bond acceptors (Lipinski definition) is 3. The summed E-state index contributed by atoms with van der Waals surface area (Å²) in [6.45, 7) is 0. The number of ketones is 1. The highest BCUT2D eigenvalue weighted by molar-refractivity contribution is 5.96. The summed E-state index contributed by atoms with van der Waals surface area (Å²) in [6.07, 6.45) is 4.83. The number of pyridine rings is 1. The molecule has 2 rings (SSSR count). The fourth-order valence-electron chi connectivity index (χ4n) is 1.86. The summed E-state index contributed by atoms with van der Waals surface area (Å²) in [6, 6.07) is 4.83. The van der Waals surface area contributed by atoms with Gasteiger partial charge < -0.3 is 5.32 Å². The average Bonchev–Trinajstić information content (AvgIpc) is 2.33. The molecule has 0 radical (unpaired) electrons. The highest BCUT2D eigenvalue weighted by atomic mass is 16.2. The number of amides is 1. The molecule has 16 heavy (non-hydrogen) atoms. The molecule has 0 aromatic carbocycles. The first-order valence-electron chi connectivity index (χ1n) is 5.52. The van der Waals surface area contributed by atoms with Gasteiger partial charge in [-0.25, -0.2) is 0 Å². The van der Waals surface area contributed by atoms with Crippen LogP contribution in [-0.4, -0.2) is 22.7 Å². The molecule has 0 spiro atoms. The van der Waals surface area contributed by atoms with Crippen LogP contribution in [0.15, 0.2) is 24.4 Å². The number of nitrogens with one attached hydrogen (secondary N) is 1. The van der Waals surface area contributed by atoms with Crippen LogP contribution in [0.2, 0.25) is 0 Å². The van der Waals surface area contributed by atoms with E-state index in [2.05, 4.69) is 10.3 Å². The fourth-order valence-corrected chi connectivity index (χ4v) is 1.86. The van der Waals surface area contributed by atoms with Crippen LogP contribution in [0.1, 0.15) is 36.2 Å². The molecule has 1 aromatic heterocycles. The molecule has 0 saturated heterocycles. The lowest BCUT2D eigenvalue weighted by atomic mass is 9.94. The van der Waals surface area contributed by atoms with Crippen molar-refractivity contribution in [2.24, 2.45) is 0 Å². The van der Waals surface area contributed by atoms with Gasteiger partial charge in [-0.05, 0) is 25.0 Å². The minimum absolute atomic E-state index is 0.135. The van der Waals surface area contributed by atoms with Crippen molar-refractivity contribution in [1.82, 2.24) is 10.3 Å². The van der Waals surface area contributed by atoms with Crippen molar-refractivity contribution in [3.63, 3.8) is 0 Å². The Labute approximate surface area is 94.1 Å². The molecule has 1 aliphatic rings. The largest absolute Gasteiger partial charge is 0.341 e. The van der Waals surface area contributed by atoms with Crippen molar-refractivity contribution in [3.8, 4) is 0 Å². The smallest absolute Gasteiger partial charge is 0.270 e. The van der Waals surface area contributed by atoms with Gasteiger partial charge in [0.1, 0.15) is 5.69 Å². The second-order valence-electron chi connectivity index (χ2n) is 3.95. The van der Waals surface area contributed by atoms with E-state index < -0.39 is 0 Å². The van der Waals surface area contributed by atoms with Crippen LogP contribution in [0, 0.1) is 0 Å². The summed E-state index contributed by atoms with van der Waals surface area (Å²) in [5, 5.41) is 2.73. The molecule has 1 fully saturated rings. The molecule has 0 aliphatic heterocycles. The van der Waals surface area contributed by atoms with E-state index in [4.69, 9.17) is 0 Å². The summed E-state index contributed by atoms with van der Waals surface area (Å²) in [5.41, 5.74) is 0.362. The highest BCUT2D eigenvalue weighted by Gasteiger charge is 2.24. The molecular formula is C12H14N2O2. The second-order valence-corrected chi connectivity index (χ2v) is 3.95. The Bertz CT molecular complexity index is 389. The summed E-state index contributed by atoms with van der Waals surface area (Å²) in [7, 11) is 0. The number of carbonyl (C=O) groups excluding carboxylic acids is 2. The van der Waals surface area contributed by atoms with Gasteiger partial charge in [-0.3, -0.25) is 14.6 Å². The lowest BCUT2D eigenvalue weighted by molar-refractivity contribution is -0.122. The third-order valence-electron chi connectivity index (χ3n) is 2.76. The van der Waals surface area contributed by atoms with Crippen molar-refractivity contribution in [2.75, 3.05) is 0 Å². The van der Waals surface area contributed by atoms with Gasteiger partial charge >= 0.3 is 0 Å². The van der Waals surface area contributed by atoms with Gasteiger partial charge in [0.05, 0.1) is 6.04 Å². The molecular weight excluding hydrogens is 204 g/mol. The zero-order valence-corrected chi connectivity index (χ0v) is 8.98. The molecule has 1 atom stereocenters. The highest BCUT2D eigenvalue weighted by Crippen LogP contribution is 2.14. The Kier molecular flexibility index (Phi) is 3.29. The van der Waals surface area contributed by atoms with Crippen LogP contribution >= 0.6 is 0 Å². The van der Waals surface area contributed by atoms with E-state index in [0.717, 1.165) is 19.3 Å². The Balaban J connectivity index is 1.99. The van der Waals surface area contributed by atoms with E-state index >= 15 is 0 Å². The van der Waals surface area contributed by atoms with Gasteiger partial charge in [-0.1, -0.05) is 12.5 Å². The SMILES string of the molecule is O=C(N[C@H]1CCCCC1=O)c1ccccn1. The first-order chi connectivity index (χ1) is 7.77. The molecule has 1 aliphatic carbocycles. The second kappa shape index (κ2) is 4.88. The molecule has 0 unspecified atom stereocenters. The standard InChI is InChI=1S/C12H14N2O2/c15-11-7-2-1-5-9(11)14-12(16)10-6-3-4-8-13-10/h3-4,6,8-9H,1-2,5,7H2,(H,14,16)/t9-/m0/s1. The van der Waals surface area contributed by atoms with E-state index in [0.29, 0.717) is 12.1 Å². The predicted octanol–water partition coefficient (Wildman–Crippen LogP) is 1.32. The van der Waals surface area contributed by atoms with Crippen molar-refractivity contribution in [1.29, 1.82) is 0 Å². The number of rotatable bonds is 2. The molecule has 1 heterocycles. The van der Waals surface area contributed by atoms with Crippen molar-refractivity contribution >= 4 is 11.7 Å². The fraction of sp³-hybridized carbons (Fsp3) is 0.417. The zero-order chi connectivity index (χ0) is 11.4. The summed E-state index contributed by atoms with van der Waals surface area (Å²) < 4.78 is 0. The van der Waals surface area contributed by atoms with E-state index in [1.807, 2.05) is 0 Å². The minimum atomic E-state index is -0.316. The van der Waals surface area contributed by atoms with Crippen LogP contribution in [0.25, 0.3) is 0 Å². The monoisotopic (exact) mass is 218 g/mol. The normalized spacial score (nSPS) is 20.5. The Morgan fingerprint density at radius 3 is 2.94 bits per heavy atom. The molecule has 0 bridgehead atoms. The lowest BCUT2D eigenvalue weighted by Gasteiger charge is -2.21. The quantitative estimate of drug-likeness (QED) is 0.814. The number of aromatic nitrogens is 1. The van der Waals surface area contributed by atoms with Gasteiger partial charge in [-0.15, -0.1) is 0 Å². The Morgan fingerprint density at radius 1 is 1.38 bits per heavy atom. The number of Topliss-reactive ketones (excluding diaryl/α,β-unsaturated/α-hetero) is 1. The van der Waals surface area contributed by atoms with Crippen molar-refractivity contribution < 1.29 is 9.59 Å². The molecule has 4 heteroatoms. The topological polar surface area (TPSA) is 59.1 Å². The minimum Gasteiger partial charge on any atom is -0.341 e. The van der Waals surface area contributed by atoms with Gasteiger partial charge in [0.15, 0.2) is 5.78 Å². The maximum Gasteiger partial charge on any atom is 0.270 e. The summed E-state index contributed by atoms with van der Waals surface area (Å²) in [5.74, 6) is -0.128. The van der Waals surface area contributed by atoms with Crippen LogP contribution < -0.4 is 5.32 Å². The van der Waals surface area contributed by atoms with Gasteiger partial charge in [0.25, 0.3) is 5.91 Å².